The maximum atomic E-state index is 12.7. The van der Waals surface area contributed by atoms with Crippen LogP contribution in [0.2, 0.25) is 0 Å². The highest BCUT2D eigenvalue weighted by Crippen LogP contribution is 2.39. The Hall–Kier alpha value is -0.590. The maximum absolute atomic E-state index is 12.7. The molecule has 1 aromatic rings. The van der Waals surface area contributed by atoms with Gasteiger partial charge in [0.25, 0.3) is 10.0 Å². The van der Waals surface area contributed by atoms with Gasteiger partial charge in [0.1, 0.15) is 0 Å². The fourth-order valence-corrected chi connectivity index (χ4v) is 5.52. The Morgan fingerprint density at radius 1 is 1.37 bits per heavy atom. The first-order valence-corrected chi connectivity index (χ1v) is 8.72. The minimum atomic E-state index is -3.48. The van der Waals surface area contributed by atoms with Crippen LogP contribution in [0.25, 0.3) is 0 Å². The van der Waals surface area contributed by atoms with Crippen LogP contribution in [0, 0.1) is 5.92 Å². The Labute approximate surface area is 118 Å². The molecule has 2 unspecified atom stereocenters. The Kier molecular flexibility index (Phi) is 3.57. The highest BCUT2D eigenvalue weighted by Gasteiger charge is 2.43. The van der Waals surface area contributed by atoms with Crippen molar-refractivity contribution in [3.63, 3.8) is 0 Å². The van der Waals surface area contributed by atoms with E-state index >= 15 is 0 Å². The number of hydrogen-bond acceptors (Lipinski definition) is 3. The molecule has 0 radical (unpaired) electrons. The molecular formula is C12H18ClN3O2S. The second kappa shape index (κ2) is 5.07. The van der Waals surface area contributed by atoms with Crippen LogP contribution in [0.15, 0.2) is 11.2 Å². The van der Waals surface area contributed by atoms with Crippen LogP contribution in [-0.2, 0) is 15.9 Å². The van der Waals surface area contributed by atoms with E-state index < -0.39 is 10.0 Å². The zero-order chi connectivity index (χ0) is 13.5. The van der Waals surface area contributed by atoms with Crippen LogP contribution < -0.4 is 0 Å². The van der Waals surface area contributed by atoms with Crippen LogP contribution in [0.4, 0.5) is 0 Å². The van der Waals surface area contributed by atoms with E-state index in [-0.39, 0.29) is 16.9 Å². The number of nitrogens with zero attached hydrogens (tertiary/aromatic N) is 2. The number of hydrogen-bond donors (Lipinski definition) is 1. The summed E-state index contributed by atoms with van der Waals surface area (Å²) in [5.74, 6) is 0.693. The molecule has 0 amide bonds. The molecule has 0 aromatic carbocycles. The lowest BCUT2D eigenvalue weighted by Crippen LogP contribution is -2.39. The first-order chi connectivity index (χ1) is 9.14. The normalized spacial score (nSPS) is 28.5. The molecule has 0 spiro atoms. The lowest BCUT2D eigenvalue weighted by molar-refractivity contribution is 0.260. The number of alkyl halides is 1. The summed E-state index contributed by atoms with van der Waals surface area (Å²) >= 11 is 5.78. The van der Waals surface area contributed by atoms with Gasteiger partial charge in [-0.15, -0.1) is 11.6 Å². The molecule has 2 fully saturated rings. The largest absolute Gasteiger partial charge is 0.266 e. The highest BCUT2D eigenvalue weighted by atomic mass is 35.5. The third-order valence-corrected chi connectivity index (χ3v) is 6.58. The van der Waals surface area contributed by atoms with E-state index in [0.717, 1.165) is 25.7 Å². The summed E-state index contributed by atoms with van der Waals surface area (Å²) in [5.41, 5.74) is 0.556. The van der Waals surface area contributed by atoms with E-state index in [1.54, 1.807) is 4.31 Å². The van der Waals surface area contributed by atoms with Crippen LogP contribution in [0.1, 0.15) is 37.7 Å². The van der Waals surface area contributed by atoms with Crippen molar-refractivity contribution in [3.05, 3.63) is 11.8 Å². The van der Waals surface area contributed by atoms with Crippen LogP contribution in [-0.4, -0.2) is 35.5 Å². The number of fused-ring (bicyclic) bond motifs is 1. The molecule has 2 aliphatic rings. The van der Waals surface area contributed by atoms with Gasteiger partial charge in [-0.1, -0.05) is 12.8 Å². The number of aromatic nitrogens is 2. The van der Waals surface area contributed by atoms with Crippen molar-refractivity contribution in [2.45, 2.75) is 49.1 Å². The van der Waals surface area contributed by atoms with Gasteiger partial charge in [0.2, 0.25) is 0 Å². The smallest absolute Gasteiger partial charge is 0.260 e. The third-order valence-electron chi connectivity index (χ3n) is 4.35. The standard InChI is InChI=1S/C12H18ClN3O2S/c13-7-10-8-14-15-12(10)19(17,18)16-6-5-9-3-1-2-4-11(9)16/h8-9,11H,1-7H2,(H,14,15). The number of nitrogens with one attached hydrogen (secondary N) is 1. The van der Waals surface area contributed by atoms with Gasteiger partial charge in [-0.25, -0.2) is 8.42 Å². The molecule has 2 atom stereocenters. The SMILES string of the molecule is O=S(=O)(c1[nH]ncc1CCl)N1CCC2CCCCC21. The van der Waals surface area contributed by atoms with Crippen molar-refractivity contribution < 1.29 is 8.42 Å². The minimum absolute atomic E-state index is 0.160. The number of halogens is 1. The van der Waals surface area contributed by atoms with E-state index in [1.165, 1.54) is 12.6 Å². The van der Waals surface area contributed by atoms with Gasteiger partial charge in [0, 0.05) is 18.2 Å². The second-order valence-corrected chi connectivity index (χ2v) is 7.47. The summed E-state index contributed by atoms with van der Waals surface area (Å²) in [6.45, 7) is 0.623. The fourth-order valence-electron chi connectivity index (χ4n) is 3.40. The lowest BCUT2D eigenvalue weighted by Gasteiger charge is -2.30. The molecule has 1 saturated carbocycles. The Morgan fingerprint density at radius 2 is 2.16 bits per heavy atom. The van der Waals surface area contributed by atoms with Gasteiger partial charge in [0.05, 0.1) is 12.1 Å². The number of H-pyrrole nitrogens is 1. The summed E-state index contributed by atoms with van der Waals surface area (Å²) in [6.07, 6.45) is 6.96. The predicted molar refractivity (Wildman–Crippen MR) is 72.4 cm³/mol. The first-order valence-electron chi connectivity index (χ1n) is 6.74. The molecule has 2 heterocycles. The van der Waals surface area contributed by atoms with Crippen LogP contribution in [0.3, 0.4) is 0 Å². The lowest BCUT2D eigenvalue weighted by atomic mass is 9.86. The average molecular weight is 304 g/mol. The van der Waals surface area contributed by atoms with E-state index in [4.69, 9.17) is 11.6 Å². The summed E-state index contributed by atoms with van der Waals surface area (Å²) in [4.78, 5) is 0. The zero-order valence-corrected chi connectivity index (χ0v) is 12.3. The van der Waals surface area contributed by atoms with Crippen molar-refractivity contribution >= 4 is 21.6 Å². The average Bonchev–Trinajstić information content (AvgIpc) is 3.05. The topological polar surface area (TPSA) is 66.1 Å². The van der Waals surface area contributed by atoms with Gasteiger partial charge >= 0.3 is 0 Å². The molecule has 1 aliphatic heterocycles. The molecule has 7 heteroatoms. The first kappa shape index (κ1) is 13.4. The number of sulfonamides is 1. The van der Waals surface area contributed by atoms with Gasteiger partial charge in [0.15, 0.2) is 5.03 Å². The van der Waals surface area contributed by atoms with E-state index in [2.05, 4.69) is 10.2 Å². The summed E-state index contributed by atoms with van der Waals surface area (Å²) in [7, 11) is -3.48. The molecule has 5 nitrogen and oxygen atoms in total. The summed E-state index contributed by atoms with van der Waals surface area (Å²) in [5, 5.41) is 6.60. The van der Waals surface area contributed by atoms with E-state index in [9.17, 15) is 8.42 Å². The van der Waals surface area contributed by atoms with E-state index in [0.29, 0.717) is 18.0 Å². The van der Waals surface area contributed by atoms with Crippen molar-refractivity contribution in [1.82, 2.24) is 14.5 Å². The molecule has 19 heavy (non-hydrogen) atoms. The Balaban J connectivity index is 1.92. The highest BCUT2D eigenvalue weighted by molar-refractivity contribution is 7.89. The zero-order valence-electron chi connectivity index (χ0n) is 10.7. The molecule has 1 aromatic heterocycles. The fraction of sp³-hybridized carbons (Fsp3) is 0.750. The van der Waals surface area contributed by atoms with Crippen molar-refractivity contribution in [3.8, 4) is 0 Å². The molecule has 1 aliphatic carbocycles. The monoisotopic (exact) mass is 303 g/mol. The molecule has 1 N–H and O–H groups in total. The molecular weight excluding hydrogens is 286 g/mol. The predicted octanol–water partition coefficient (Wildman–Crippen LogP) is 2.10. The van der Waals surface area contributed by atoms with Crippen molar-refractivity contribution in [1.29, 1.82) is 0 Å². The molecule has 1 saturated heterocycles. The van der Waals surface area contributed by atoms with Crippen LogP contribution >= 0.6 is 11.6 Å². The number of rotatable bonds is 3. The van der Waals surface area contributed by atoms with Gasteiger partial charge in [-0.3, -0.25) is 5.10 Å². The molecule has 106 valence electrons. The molecule has 3 rings (SSSR count). The van der Waals surface area contributed by atoms with Gasteiger partial charge in [-0.2, -0.15) is 9.40 Å². The number of aromatic amines is 1. The quantitative estimate of drug-likeness (QED) is 0.870. The van der Waals surface area contributed by atoms with Crippen LogP contribution in [0.5, 0.6) is 0 Å². The van der Waals surface area contributed by atoms with Crippen molar-refractivity contribution in [2.24, 2.45) is 5.92 Å². The maximum Gasteiger partial charge on any atom is 0.260 e. The van der Waals surface area contributed by atoms with E-state index in [1.807, 2.05) is 0 Å². The van der Waals surface area contributed by atoms with Gasteiger partial charge < -0.3 is 0 Å². The van der Waals surface area contributed by atoms with Crippen molar-refractivity contribution in [2.75, 3.05) is 6.54 Å². The third kappa shape index (κ3) is 2.19. The Morgan fingerprint density at radius 3 is 2.95 bits per heavy atom. The minimum Gasteiger partial charge on any atom is -0.266 e. The summed E-state index contributed by atoms with van der Waals surface area (Å²) in [6, 6.07) is 0.172. The van der Waals surface area contributed by atoms with Gasteiger partial charge in [-0.05, 0) is 25.2 Å². The molecule has 0 bridgehead atoms. The second-order valence-electron chi connectivity index (χ2n) is 5.37. The Bertz CT molecular complexity index is 557. The summed E-state index contributed by atoms with van der Waals surface area (Å²) < 4.78 is 27.1.